The molecule has 19 heavy (non-hydrogen) atoms. The largest absolute Gasteiger partial charge is 0.481 e. The van der Waals surface area contributed by atoms with E-state index >= 15 is 0 Å². The first-order valence-corrected chi connectivity index (χ1v) is 7.16. The number of carboxylic acids is 1. The smallest absolute Gasteiger partial charge is 0.308 e. The molecule has 2 saturated heterocycles. The Bertz CT molecular complexity index is 487. The molecule has 3 nitrogen and oxygen atoms in total. The molecule has 1 aromatic carbocycles. The van der Waals surface area contributed by atoms with Gasteiger partial charge in [0, 0.05) is 23.0 Å². The molecule has 2 heterocycles. The second-order valence-electron chi connectivity index (χ2n) is 5.72. The average molecular weight is 280 g/mol. The van der Waals surface area contributed by atoms with E-state index in [1.165, 1.54) is 0 Å². The summed E-state index contributed by atoms with van der Waals surface area (Å²) in [7, 11) is 2.07. The number of carboxylic acid groups (broad SMARTS) is 1. The molecule has 2 fully saturated rings. The van der Waals surface area contributed by atoms with Gasteiger partial charge in [0.25, 0.3) is 0 Å². The van der Waals surface area contributed by atoms with E-state index < -0.39 is 5.97 Å². The molecule has 2 bridgehead atoms. The number of hydrogen-bond acceptors (Lipinski definition) is 2. The van der Waals surface area contributed by atoms with E-state index in [0.29, 0.717) is 11.1 Å². The van der Waals surface area contributed by atoms with Crippen LogP contribution >= 0.6 is 11.6 Å². The molecule has 4 heteroatoms. The van der Waals surface area contributed by atoms with Crippen LogP contribution < -0.4 is 0 Å². The summed E-state index contributed by atoms with van der Waals surface area (Å²) in [6, 6.07) is 8.38. The van der Waals surface area contributed by atoms with Crippen LogP contribution in [0.5, 0.6) is 0 Å². The molecule has 0 spiro atoms. The number of benzene rings is 1. The third kappa shape index (κ3) is 2.15. The van der Waals surface area contributed by atoms with Gasteiger partial charge in [-0.05, 0) is 44.0 Å². The first-order valence-electron chi connectivity index (χ1n) is 6.78. The van der Waals surface area contributed by atoms with Crippen molar-refractivity contribution in [3.05, 3.63) is 34.9 Å². The Morgan fingerprint density at radius 2 is 2.00 bits per heavy atom. The van der Waals surface area contributed by atoms with Gasteiger partial charge >= 0.3 is 5.97 Å². The Morgan fingerprint density at radius 1 is 1.32 bits per heavy atom. The van der Waals surface area contributed by atoms with Gasteiger partial charge in [-0.25, -0.2) is 0 Å². The lowest BCUT2D eigenvalue weighted by molar-refractivity contribution is -0.146. The molecule has 3 rings (SSSR count). The third-order valence-corrected chi connectivity index (χ3v) is 5.10. The number of fused-ring (bicyclic) bond motifs is 2. The number of halogens is 1. The molecule has 2 aliphatic heterocycles. The van der Waals surface area contributed by atoms with Gasteiger partial charge in [0.1, 0.15) is 0 Å². The Kier molecular flexibility index (Phi) is 3.27. The normalized spacial score (nSPS) is 34.4. The summed E-state index contributed by atoms with van der Waals surface area (Å²) in [4.78, 5) is 14.0. The SMILES string of the molecule is CN1[C@H]2CC[C@@H]1[C@@H](C(=O)O)C(c1ccc(Cl)cc1)C2. The van der Waals surface area contributed by atoms with E-state index in [4.69, 9.17) is 11.6 Å². The lowest BCUT2D eigenvalue weighted by Gasteiger charge is -2.41. The molecule has 1 aromatic rings. The molecule has 102 valence electrons. The Morgan fingerprint density at radius 3 is 2.63 bits per heavy atom. The number of hydrogen-bond donors (Lipinski definition) is 1. The summed E-state index contributed by atoms with van der Waals surface area (Å²) in [6.07, 6.45) is 3.06. The highest BCUT2D eigenvalue weighted by molar-refractivity contribution is 6.30. The third-order valence-electron chi connectivity index (χ3n) is 4.85. The molecule has 0 saturated carbocycles. The highest BCUT2D eigenvalue weighted by Gasteiger charge is 2.49. The average Bonchev–Trinajstić information content (AvgIpc) is 2.63. The Hall–Kier alpha value is -1.06. The van der Waals surface area contributed by atoms with Gasteiger partial charge in [-0.3, -0.25) is 9.69 Å². The van der Waals surface area contributed by atoms with Crippen molar-refractivity contribution < 1.29 is 9.90 Å². The number of aliphatic carboxylic acids is 1. The fourth-order valence-electron chi connectivity index (χ4n) is 3.86. The monoisotopic (exact) mass is 279 g/mol. The van der Waals surface area contributed by atoms with Crippen LogP contribution in [0.4, 0.5) is 0 Å². The van der Waals surface area contributed by atoms with Crippen molar-refractivity contribution in [3.8, 4) is 0 Å². The zero-order chi connectivity index (χ0) is 13.6. The minimum atomic E-state index is -0.669. The first kappa shape index (κ1) is 12.9. The van der Waals surface area contributed by atoms with Crippen LogP contribution in [-0.4, -0.2) is 35.1 Å². The van der Waals surface area contributed by atoms with Gasteiger partial charge in [0.2, 0.25) is 0 Å². The first-order chi connectivity index (χ1) is 9.08. The maximum atomic E-state index is 11.7. The molecular formula is C15H18ClNO2. The van der Waals surface area contributed by atoms with E-state index in [1.807, 2.05) is 24.3 Å². The minimum Gasteiger partial charge on any atom is -0.481 e. The van der Waals surface area contributed by atoms with Crippen molar-refractivity contribution in [1.82, 2.24) is 4.90 Å². The minimum absolute atomic E-state index is 0.114. The second kappa shape index (κ2) is 4.80. The van der Waals surface area contributed by atoms with Gasteiger partial charge in [0.15, 0.2) is 0 Å². The number of carbonyl (C=O) groups is 1. The predicted octanol–water partition coefficient (Wildman–Crippen LogP) is 2.99. The van der Waals surface area contributed by atoms with Gasteiger partial charge < -0.3 is 5.11 Å². The van der Waals surface area contributed by atoms with Crippen LogP contribution in [0.2, 0.25) is 5.02 Å². The van der Waals surface area contributed by atoms with Crippen molar-refractivity contribution >= 4 is 17.6 Å². The number of nitrogens with zero attached hydrogens (tertiary/aromatic N) is 1. The molecule has 0 radical (unpaired) electrons. The van der Waals surface area contributed by atoms with E-state index in [9.17, 15) is 9.90 Å². The molecule has 2 aliphatic rings. The van der Waals surface area contributed by atoms with Crippen LogP contribution in [0.15, 0.2) is 24.3 Å². The summed E-state index contributed by atoms with van der Waals surface area (Å²) in [6.45, 7) is 0. The zero-order valence-corrected chi connectivity index (χ0v) is 11.7. The van der Waals surface area contributed by atoms with Crippen molar-refractivity contribution in [2.75, 3.05) is 7.05 Å². The van der Waals surface area contributed by atoms with E-state index in [2.05, 4.69) is 11.9 Å². The van der Waals surface area contributed by atoms with Gasteiger partial charge in [-0.15, -0.1) is 0 Å². The quantitative estimate of drug-likeness (QED) is 0.905. The summed E-state index contributed by atoms with van der Waals surface area (Å²) in [5.74, 6) is -0.856. The fourth-order valence-corrected chi connectivity index (χ4v) is 3.98. The van der Waals surface area contributed by atoms with Crippen molar-refractivity contribution in [1.29, 1.82) is 0 Å². The maximum absolute atomic E-state index is 11.7. The zero-order valence-electron chi connectivity index (χ0n) is 10.9. The van der Waals surface area contributed by atoms with Gasteiger partial charge in [-0.2, -0.15) is 0 Å². The lowest BCUT2D eigenvalue weighted by Crippen LogP contribution is -2.48. The highest BCUT2D eigenvalue weighted by Crippen LogP contribution is 2.46. The summed E-state index contributed by atoms with van der Waals surface area (Å²) >= 11 is 5.92. The molecular weight excluding hydrogens is 262 g/mol. The number of piperidine rings is 1. The second-order valence-corrected chi connectivity index (χ2v) is 6.16. The highest BCUT2D eigenvalue weighted by atomic mass is 35.5. The molecule has 0 aliphatic carbocycles. The summed E-state index contributed by atoms with van der Waals surface area (Å²) < 4.78 is 0. The molecule has 0 amide bonds. The van der Waals surface area contributed by atoms with E-state index in [1.54, 1.807) is 0 Å². The van der Waals surface area contributed by atoms with Crippen LogP contribution in [0.1, 0.15) is 30.7 Å². The standard InChI is InChI=1S/C15H18ClNO2/c1-17-11-6-7-13(17)14(15(18)19)12(8-11)9-2-4-10(16)5-3-9/h2-5,11-14H,6-8H2,1H3,(H,18,19)/t11-,12?,13+,14-/m0/s1. The van der Waals surface area contributed by atoms with Gasteiger partial charge in [-0.1, -0.05) is 23.7 Å². The van der Waals surface area contributed by atoms with Crippen LogP contribution in [0, 0.1) is 5.92 Å². The van der Waals surface area contributed by atoms with Crippen molar-refractivity contribution in [2.24, 2.45) is 5.92 Å². The van der Waals surface area contributed by atoms with Gasteiger partial charge in [0.05, 0.1) is 5.92 Å². The Balaban J connectivity index is 1.95. The summed E-state index contributed by atoms with van der Waals surface area (Å²) in [5.41, 5.74) is 1.11. The van der Waals surface area contributed by atoms with Crippen LogP contribution in [0.3, 0.4) is 0 Å². The Labute approximate surface area is 118 Å². The summed E-state index contributed by atoms with van der Waals surface area (Å²) in [5, 5.41) is 10.3. The van der Waals surface area contributed by atoms with E-state index in [-0.39, 0.29) is 17.9 Å². The van der Waals surface area contributed by atoms with Crippen LogP contribution in [0.25, 0.3) is 0 Å². The lowest BCUT2D eigenvalue weighted by atomic mass is 9.76. The molecule has 1 unspecified atom stereocenters. The maximum Gasteiger partial charge on any atom is 0.308 e. The number of rotatable bonds is 2. The molecule has 1 N–H and O–H groups in total. The van der Waals surface area contributed by atoms with E-state index in [0.717, 1.165) is 24.8 Å². The van der Waals surface area contributed by atoms with Crippen LogP contribution in [-0.2, 0) is 4.79 Å². The fraction of sp³-hybridized carbons (Fsp3) is 0.533. The molecule has 4 atom stereocenters. The topological polar surface area (TPSA) is 40.5 Å². The van der Waals surface area contributed by atoms with Crippen molar-refractivity contribution in [3.63, 3.8) is 0 Å². The predicted molar refractivity (Wildman–Crippen MR) is 74.5 cm³/mol. The van der Waals surface area contributed by atoms with Crippen molar-refractivity contribution in [2.45, 2.75) is 37.3 Å². The molecule has 0 aromatic heterocycles.